The smallest absolute Gasteiger partial charge is 0.337 e. The second kappa shape index (κ2) is 9.51. The average Bonchev–Trinajstić information content (AvgIpc) is 3.10. The van der Waals surface area contributed by atoms with Gasteiger partial charge in [0.2, 0.25) is 0 Å². The maximum atomic E-state index is 11.8. The fraction of sp³-hybridized carbons (Fsp3) is 0.280. The number of rotatable bonds is 8. The highest BCUT2D eigenvalue weighted by atomic mass is 16.5. The lowest BCUT2D eigenvalue weighted by molar-refractivity contribution is -0.132. The zero-order valence-corrected chi connectivity index (χ0v) is 18.3. The molecule has 0 bridgehead atoms. The van der Waals surface area contributed by atoms with Crippen molar-refractivity contribution in [3.8, 4) is 5.75 Å². The molecule has 0 saturated carbocycles. The number of fused-ring (bicyclic) bond motifs is 1. The molecule has 6 nitrogen and oxygen atoms in total. The van der Waals surface area contributed by atoms with Gasteiger partial charge < -0.3 is 19.1 Å². The van der Waals surface area contributed by atoms with Crippen LogP contribution in [0.15, 0.2) is 48.2 Å². The van der Waals surface area contributed by atoms with Crippen molar-refractivity contribution in [2.75, 3.05) is 14.2 Å². The Bertz CT molecular complexity index is 1160. The number of carboxylic acids is 1. The lowest BCUT2D eigenvalue weighted by atomic mass is 10.0. The number of methoxy groups -OCH3 is 2. The van der Waals surface area contributed by atoms with Crippen LogP contribution in [0.25, 0.3) is 17.0 Å². The topological polar surface area (TPSA) is 77.8 Å². The molecule has 2 aromatic carbocycles. The van der Waals surface area contributed by atoms with E-state index in [1.165, 1.54) is 7.11 Å². The number of aryl methyl sites for hydroxylation is 1. The van der Waals surface area contributed by atoms with Crippen molar-refractivity contribution in [2.24, 2.45) is 0 Å². The third-order valence-corrected chi connectivity index (χ3v) is 5.26. The Morgan fingerprint density at radius 2 is 1.87 bits per heavy atom. The van der Waals surface area contributed by atoms with Gasteiger partial charge in [0.25, 0.3) is 0 Å². The number of nitrogens with zero attached hydrogens (tertiary/aromatic N) is 1. The third-order valence-electron chi connectivity index (χ3n) is 5.26. The third kappa shape index (κ3) is 4.79. The van der Waals surface area contributed by atoms with Crippen molar-refractivity contribution < 1.29 is 24.2 Å². The summed E-state index contributed by atoms with van der Waals surface area (Å²) in [7, 11) is 2.93. The average molecular weight is 421 g/mol. The summed E-state index contributed by atoms with van der Waals surface area (Å²) in [6.45, 7) is 4.61. The number of esters is 1. The monoisotopic (exact) mass is 421 g/mol. The molecule has 0 atom stereocenters. The minimum Gasteiger partial charge on any atom is -0.496 e. The number of carbonyl (C=O) groups is 2. The Morgan fingerprint density at radius 3 is 2.52 bits per heavy atom. The van der Waals surface area contributed by atoms with Crippen LogP contribution in [-0.4, -0.2) is 35.8 Å². The first-order valence-electron chi connectivity index (χ1n) is 10.2. The first-order chi connectivity index (χ1) is 14.9. The van der Waals surface area contributed by atoms with Crippen molar-refractivity contribution in [3.05, 3.63) is 70.4 Å². The highest BCUT2D eigenvalue weighted by Crippen LogP contribution is 2.30. The number of carbonyl (C=O) groups excluding carboxylic acids is 1. The second-order valence-corrected chi connectivity index (χ2v) is 7.45. The van der Waals surface area contributed by atoms with Gasteiger partial charge in [0.1, 0.15) is 5.75 Å². The summed E-state index contributed by atoms with van der Waals surface area (Å²) in [5.74, 6) is -0.717. The van der Waals surface area contributed by atoms with Crippen LogP contribution in [0.5, 0.6) is 5.75 Å². The van der Waals surface area contributed by atoms with Crippen LogP contribution in [0.1, 0.15) is 47.3 Å². The number of hydrogen-bond donors (Lipinski definition) is 1. The second-order valence-electron chi connectivity index (χ2n) is 7.45. The zero-order chi connectivity index (χ0) is 22.5. The maximum absolute atomic E-state index is 11.8. The van der Waals surface area contributed by atoms with E-state index in [2.05, 4.69) is 17.7 Å². The molecule has 0 amide bonds. The van der Waals surface area contributed by atoms with Crippen molar-refractivity contribution >= 4 is 28.9 Å². The van der Waals surface area contributed by atoms with Gasteiger partial charge in [-0.3, -0.25) is 0 Å². The van der Waals surface area contributed by atoms with Crippen LogP contribution in [0, 0.1) is 0 Å². The molecule has 0 aliphatic rings. The molecule has 0 radical (unpaired) electrons. The Labute approximate surface area is 181 Å². The van der Waals surface area contributed by atoms with Gasteiger partial charge in [-0.25, -0.2) is 9.59 Å². The maximum Gasteiger partial charge on any atom is 0.337 e. The van der Waals surface area contributed by atoms with Gasteiger partial charge in [0.05, 0.1) is 19.8 Å². The summed E-state index contributed by atoms with van der Waals surface area (Å²) in [6, 6.07) is 11.3. The molecule has 3 rings (SSSR count). The van der Waals surface area contributed by atoms with Gasteiger partial charge in [-0.2, -0.15) is 0 Å². The largest absolute Gasteiger partial charge is 0.496 e. The summed E-state index contributed by atoms with van der Waals surface area (Å²) >= 11 is 0. The standard InChI is InChI=1S/C25H27NO5/c1-5-10-26-15-20(13-18-7-8-19(25(29)31-4)14-23(18)30-3)21-12-17(6-9-22(21)26)11-16(2)24(27)28/h6-9,11-12,14-15H,5,10,13H2,1-4H3,(H,27,28)/b16-11+. The summed E-state index contributed by atoms with van der Waals surface area (Å²) in [6.07, 6.45) is 5.43. The molecule has 1 N–H and O–H groups in total. The van der Waals surface area contributed by atoms with Crippen LogP contribution >= 0.6 is 0 Å². The van der Waals surface area contributed by atoms with Crippen molar-refractivity contribution in [3.63, 3.8) is 0 Å². The van der Waals surface area contributed by atoms with E-state index in [9.17, 15) is 14.7 Å². The molecule has 162 valence electrons. The normalized spacial score (nSPS) is 11.5. The first kappa shape index (κ1) is 22.2. The molecule has 3 aromatic rings. The summed E-state index contributed by atoms with van der Waals surface area (Å²) in [4.78, 5) is 23.1. The van der Waals surface area contributed by atoms with E-state index in [1.807, 2.05) is 24.3 Å². The van der Waals surface area contributed by atoms with Crippen LogP contribution in [0.2, 0.25) is 0 Å². The van der Waals surface area contributed by atoms with Gasteiger partial charge in [-0.05, 0) is 60.4 Å². The Morgan fingerprint density at radius 1 is 1.10 bits per heavy atom. The minimum absolute atomic E-state index is 0.286. The fourth-order valence-electron chi connectivity index (χ4n) is 3.70. The van der Waals surface area contributed by atoms with E-state index in [1.54, 1.807) is 32.2 Å². The molecule has 0 saturated heterocycles. The summed E-state index contributed by atoms with van der Waals surface area (Å²) in [5, 5.41) is 10.3. The molecule has 1 aromatic heterocycles. The van der Waals surface area contributed by atoms with E-state index in [0.29, 0.717) is 17.7 Å². The van der Waals surface area contributed by atoms with Gasteiger partial charge in [-0.1, -0.05) is 19.1 Å². The van der Waals surface area contributed by atoms with E-state index in [0.717, 1.165) is 40.6 Å². The summed E-state index contributed by atoms with van der Waals surface area (Å²) < 4.78 is 12.6. The molecule has 0 aliphatic heterocycles. The van der Waals surface area contributed by atoms with Gasteiger partial charge >= 0.3 is 11.9 Å². The predicted molar refractivity (Wildman–Crippen MR) is 121 cm³/mol. The first-order valence-corrected chi connectivity index (χ1v) is 10.2. The lowest BCUT2D eigenvalue weighted by Crippen LogP contribution is -2.03. The van der Waals surface area contributed by atoms with Crippen LogP contribution in [0.4, 0.5) is 0 Å². The van der Waals surface area contributed by atoms with Crippen molar-refractivity contribution in [1.82, 2.24) is 4.57 Å². The molecule has 0 fully saturated rings. The number of benzene rings is 2. The van der Waals surface area contributed by atoms with Crippen molar-refractivity contribution in [2.45, 2.75) is 33.2 Å². The van der Waals surface area contributed by atoms with Crippen LogP contribution in [-0.2, 0) is 22.5 Å². The van der Waals surface area contributed by atoms with E-state index in [4.69, 9.17) is 9.47 Å². The number of aromatic nitrogens is 1. The fourth-order valence-corrected chi connectivity index (χ4v) is 3.70. The van der Waals surface area contributed by atoms with Crippen LogP contribution < -0.4 is 4.74 Å². The molecular weight excluding hydrogens is 394 g/mol. The van der Waals surface area contributed by atoms with Crippen LogP contribution in [0.3, 0.4) is 0 Å². The zero-order valence-electron chi connectivity index (χ0n) is 18.3. The number of hydrogen-bond acceptors (Lipinski definition) is 4. The van der Waals surface area contributed by atoms with Crippen molar-refractivity contribution in [1.29, 1.82) is 0 Å². The van der Waals surface area contributed by atoms with Gasteiger partial charge in [-0.15, -0.1) is 0 Å². The molecule has 0 spiro atoms. The molecule has 0 aliphatic carbocycles. The molecular formula is C25H27NO5. The highest BCUT2D eigenvalue weighted by molar-refractivity contribution is 5.93. The number of ether oxygens (including phenoxy) is 2. The lowest BCUT2D eigenvalue weighted by Gasteiger charge is -2.10. The predicted octanol–water partition coefficient (Wildman–Crippen LogP) is 4.93. The minimum atomic E-state index is -0.931. The molecule has 1 heterocycles. The Hall–Kier alpha value is -3.54. The Balaban J connectivity index is 2.07. The van der Waals surface area contributed by atoms with Gasteiger partial charge in [0, 0.05) is 35.6 Å². The molecule has 6 heteroatoms. The van der Waals surface area contributed by atoms with Gasteiger partial charge in [0.15, 0.2) is 0 Å². The SMILES string of the molecule is CCCn1cc(Cc2ccc(C(=O)OC)cc2OC)c2cc(/C=C(\C)C(=O)O)ccc21. The molecule has 0 unspecified atom stereocenters. The number of carboxylic acid groups (broad SMARTS) is 1. The Kier molecular flexibility index (Phi) is 6.80. The number of aliphatic carboxylic acids is 1. The summed E-state index contributed by atoms with van der Waals surface area (Å²) in [5.41, 5.74) is 4.73. The quantitative estimate of drug-likeness (QED) is 0.412. The molecule has 31 heavy (non-hydrogen) atoms. The van der Waals surface area contributed by atoms with E-state index >= 15 is 0 Å². The highest BCUT2D eigenvalue weighted by Gasteiger charge is 2.15. The van der Waals surface area contributed by atoms with E-state index < -0.39 is 11.9 Å². The van der Waals surface area contributed by atoms with E-state index in [-0.39, 0.29) is 5.57 Å².